The molecule has 0 unspecified atom stereocenters. The standard InChI is InChI=1S/C19H14F2N4/c20-18-6-5-14(7-19(18)21)11-25(17-9-23-13-24-10-17)12-16-4-2-1-3-15(16)8-22/h1-7,9-10,13H,11-12H2. The molecule has 3 rings (SSSR count). The van der Waals surface area contributed by atoms with Crippen molar-refractivity contribution in [2.75, 3.05) is 4.90 Å². The lowest BCUT2D eigenvalue weighted by Crippen LogP contribution is -2.23. The predicted octanol–water partition coefficient (Wildman–Crippen LogP) is 3.83. The van der Waals surface area contributed by atoms with Crippen LogP contribution in [0.4, 0.5) is 14.5 Å². The highest BCUT2D eigenvalue weighted by Crippen LogP contribution is 2.21. The Morgan fingerprint density at radius 3 is 2.44 bits per heavy atom. The summed E-state index contributed by atoms with van der Waals surface area (Å²) in [6.07, 6.45) is 4.70. The molecule has 0 amide bonds. The van der Waals surface area contributed by atoms with Crippen LogP contribution in [0.2, 0.25) is 0 Å². The van der Waals surface area contributed by atoms with Crippen molar-refractivity contribution >= 4 is 5.69 Å². The number of rotatable bonds is 5. The van der Waals surface area contributed by atoms with Crippen molar-refractivity contribution in [3.63, 3.8) is 0 Å². The molecule has 0 N–H and O–H groups in total. The minimum Gasteiger partial charge on any atom is -0.360 e. The first-order valence-electron chi connectivity index (χ1n) is 7.59. The number of halogens is 2. The van der Waals surface area contributed by atoms with E-state index in [2.05, 4.69) is 16.0 Å². The van der Waals surface area contributed by atoms with Crippen LogP contribution in [-0.4, -0.2) is 9.97 Å². The van der Waals surface area contributed by atoms with Gasteiger partial charge in [-0.1, -0.05) is 24.3 Å². The van der Waals surface area contributed by atoms with E-state index in [9.17, 15) is 14.0 Å². The van der Waals surface area contributed by atoms with Crippen LogP contribution in [0.1, 0.15) is 16.7 Å². The number of hydrogen-bond acceptors (Lipinski definition) is 4. The average molecular weight is 336 g/mol. The van der Waals surface area contributed by atoms with E-state index in [0.717, 1.165) is 17.3 Å². The topological polar surface area (TPSA) is 52.8 Å². The van der Waals surface area contributed by atoms with Crippen LogP contribution in [0.3, 0.4) is 0 Å². The Hall–Kier alpha value is -3.33. The van der Waals surface area contributed by atoms with Gasteiger partial charge in [0.25, 0.3) is 0 Å². The summed E-state index contributed by atoms with van der Waals surface area (Å²) in [4.78, 5) is 9.93. The van der Waals surface area contributed by atoms with Crippen LogP contribution in [-0.2, 0) is 13.1 Å². The highest BCUT2D eigenvalue weighted by molar-refractivity contribution is 5.46. The minimum absolute atomic E-state index is 0.324. The molecule has 0 radical (unpaired) electrons. The zero-order valence-corrected chi connectivity index (χ0v) is 13.2. The van der Waals surface area contributed by atoms with Crippen molar-refractivity contribution in [3.8, 4) is 6.07 Å². The Labute approximate surface area is 144 Å². The first-order valence-corrected chi connectivity index (χ1v) is 7.59. The van der Waals surface area contributed by atoms with Crippen LogP contribution in [0, 0.1) is 23.0 Å². The zero-order chi connectivity index (χ0) is 17.6. The Balaban J connectivity index is 1.93. The van der Waals surface area contributed by atoms with Gasteiger partial charge in [0.1, 0.15) is 6.33 Å². The fourth-order valence-corrected chi connectivity index (χ4v) is 2.52. The summed E-state index contributed by atoms with van der Waals surface area (Å²) in [6, 6.07) is 13.2. The van der Waals surface area contributed by atoms with Crippen LogP contribution in [0.5, 0.6) is 0 Å². The molecule has 1 heterocycles. The van der Waals surface area contributed by atoms with Crippen LogP contribution >= 0.6 is 0 Å². The molecule has 1 aromatic heterocycles. The van der Waals surface area contributed by atoms with Gasteiger partial charge in [0.15, 0.2) is 11.6 Å². The Bertz CT molecular complexity index is 907. The van der Waals surface area contributed by atoms with Crippen molar-refractivity contribution in [2.45, 2.75) is 13.1 Å². The van der Waals surface area contributed by atoms with Crippen molar-refractivity contribution < 1.29 is 8.78 Å². The molecular weight excluding hydrogens is 322 g/mol. The minimum atomic E-state index is -0.890. The summed E-state index contributed by atoms with van der Waals surface area (Å²) in [6.45, 7) is 0.737. The van der Waals surface area contributed by atoms with Gasteiger partial charge < -0.3 is 4.90 Å². The average Bonchev–Trinajstić information content (AvgIpc) is 2.65. The second-order valence-corrected chi connectivity index (χ2v) is 5.47. The van der Waals surface area contributed by atoms with Gasteiger partial charge in [-0.3, -0.25) is 0 Å². The first kappa shape index (κ1) is 16.5. The highest BCUT2D eigenvalue weighted by Gasteiger charge is 2.13. The second-order valence-electron chi connectivity index (χ2n) is 5.47. The monoisotopic (exact) mass is 336 g/mol. The van der Waals surface area contributed by atoms with E-state index < -0.39 is 11.6 Å². The lowest BCUT2D eigenvalue weighted by molar-refractivity contribution is 0.506. The fraction of sp³-hybridized carbons (Fsp3) is 0.105. The van der Waals surface area contributed by atoms with Gasteiger partial charge in [0.05, 0.1) is 29.7 Å². The van der Waals surface area contributed by atoms with E-state index >= 15 is 0 Å². The molecule has 6 heteroatoms. The predicted molar refractivity (Wildman–Crippen MR) is 89.4 cm³/mol. The van der Waals surface area contributed by atoms with E-state index in [1.54, 1.807) is 24.5 Å². The van der Waals surface area contributed by atoms with Crippen LogP contribution < -0.4 is 4.90 Å². The lowest BCUT2D eigenvalue weighted by Gasteiger charge is -2.25. The lowest BCUT2D eigenvalue weighted by atomic mass is 10.1. The molecule has 124 valence electrons. The maximum Gasteiger partial charge on any atom is 0.159 e. The van der Waals surface area contributed by atoms with Crippen molar-refractivity contribution in [1.29, 1.82) is 5.26 Å². The van der Waals surface area contributed by atoms with Gasteiger partial charge in [0, 0.05) is 13.1 Å². The van der Waals surface area contributed by atoms with Crippen molar-refractivity contribution in [2.24, 2.45) is 0 Å². The van der Waals surface area contributed by atoms with E-state index in [0.29, 0.717) is 24.2 Å². The molecule has 25 heavy (non-hydrogen) atoms. The highest BCUT2D eigenvalue weighted by atomic mass is 19.2. The van der Waals surface area contributed by atoms with Crippen molar-refractivity contribution in [3.05, 3.63) is 89.5 Å². The normalized spacial score (nSPS) is 10.3. The maximum atomic E-state index is 13.5. The van der Waals surface area contributed by atoms with Crippen LogP contribution in [0.25, 0.3) is 0 Å². The van der Waals surface area contributed by atoms with Gasteiger partial charge >= 0.3 is 0 Å². The third-order valence-corrected chi connectivity index (χ3v) is 3.77. The Morgan fingerprint density at radius 1 is 0.960 bits per heavy atom. The van der Waals surface area contributed by atoms with Crippen LogP contribution in [0.15, 0.2) is 61.2 Å². The third kappa shape index (κ3) is 3.96. The van der Waals surface area contributed by atoms with Gasteiger partial charge in [-0.25, -0.2) is 18.7 Å². The van der Waals surface area contributed by atoms with Gasteiger partial charge in [-0.05, 0) is 29.3 Å². The zero-order valence-electron chi connectivity index (χ0n) is 13.2. The summed E-state index contributed by atoms with van der Waals surface area (Å²) in [5, 5.41) is 9.27. The van der Waals surface area contributed by atoms with Gasteiger partial charge in [-0.2, -0.15) is 5.26 Å². The molecule has 0 atom stereocenters. The molecular formula is C19H14F2N4. The number of anilines is 1. The Morgan fingerprint density at radius 2 is 1.72 bits per heavy atom. The summed E-state index contributed by atoms with van der Waals surface area (Å²) < 4.78 is 26.7. The van der Waals surface area contributed by atoms with Gasteiger partial charge in [-0.15, -0.1) is 0 Å². The van der Waals surface area contributed by atoms with Crippen molar-refractivity contribution in [1.82, 2.24) is 9.97 Å². The smallest absolute Gasteiger partial charge is 0.159 e. The summed E-state index contributed by atoms with van der Waals surface area (Å²) in [7, 11) is 0. The molecule has 0 bridgehead atoms. The summed E-state index contributed by atoms with van der Waals surface area (Å²) in [5.41, 5.74) is 2.73. The van der Waals surface area contributed by atoms with E-state index in [1.807, 2.05) is 17.0 Å². The number of nitrogens with zero attached hydrogens (tertiary/aromatic N) is 4. The molecule has 2 aromatic carbocycles. The number of benzene rings is 2. The fourth-order valence-electron chi connectivity index (χ4n) is 2.52. The third-order valence-electron chi connectivity index (χ3n) is 3.77. The second kappa shape index (κ2) is 7.49. The summed E-state index contributed by atoms with van der Waals surface area (Å²) in [5.74, 6) is -1.77. The number of aromatic nitrogens is 2. The molecule has 4 nitrogen and oxygen atoms in total. The molecule has 0 aliphatic heterocycles. The molecule has 0 aliphatic carbocycles. The summed E-state index contributed by atoms with van der Waals surface area (Å²) >= 11 is 0. The van der Waals surface area contributed by atoms with E-state index in [4.69, 9.17) is 0 Å². The Kier molecular flexibility index (Phi) is 4.95. The molecule has 0 saturated heterocycles. The quantitative estimate of drug-likeness (QED) is 0.710. The molecule has 0 spiro atoms. The van der Waals surface area contributed by atoms with Gasteiger partial charge in [0.2, 0.25) is 0 Å². The SMILES string of the molecule is N#Cc1ccccc1CN(Cc1ccc(F)c(F)c1)c1cncnc1. The number of hydrogen-bond donors (Lipinski definition) is 0. The maximum absolute atomic E-state index is 13.5. The molecule has 3 aromatic rings. The molecule has 0 aliphatic rings. The van der Waals surface area contributed by atoms with E-state index in [-0.39, 0.29) is 0 Å². The number of nitriles is 1. The van der Waals surface area contributed by atoms with E-state index in [1.165, 1.54) is 18.5 Å². The molecule has 0 fully saturated rings. The molecule has 0 saturated carbocycles. The largest absolute Gasteiger partial charge is 0.360 e. The first-order chi connectivity index (χ1) is 12.2.